The van der Waals surface area contributed by atoms with E-state index in [4.69, 9.17) is 18.9 Å². The lowest BCUT2D eigenvalue weighted by Gasteiger charge is -2.11. The molecule has 2 aromatic rings. The van der Waals surface area contributed by atoms with E-state index in [1.165, 1.54) is 0 Å². The monoisotopic (exact) mass is 364 g/mol. The van der Waals surface area contributed by atoms with Crippen LogP contribution in [0, 0.1) is 0 Å². The second-order valence-electron chi connectivity index (χ2n) is 5.86. The molecule has 1 heterocycles. The fraction of sp³-hybridized carbons (Fsp3) is 0.526. The lowest BCUT2D eigenvalue weighted by Crippen LogP contribution is -2.25. The maximum Gasteiger partial charge on any atom is 0.267 e. The number of H-pyrrole nitrogens is 1. The highest BCUT2D eigenvalue weighted by Crippen LogP contribution is 2.41. The predicted molar refractivity (Wildman–Crippen MR) is 101 cm³/mol. The molecule has 0 atom stereocenters. The van der Waals surface area contributed by atoms with Crippen molar-refractivity contribution in [3.63, 3.8) is 0 Å². The van der Waals surface area contributed by atoms with Gasteiger partial charge in [0.1, 0.15) is 11.4 Å². The van der Waals surface area contributed by atoms with E-state index < -0.39 is 0 Å². The number of benzene rings is 1. The Morgan fingerprint density at radius 2 is 1.77 bits per heavy atom. The minimum atomic E-state index is -0.183. The first-order valence-electron chi connectivity index (χ1n) is 8.83. The predicted octanol–water partition coefficient (Wildman–Crippen LogP) is 3.13. The summed E-state index contributed by atoms with van der Waals surface area (Å²) in [5, 5.41) is 3.65. The third-order valence-electron chi connectivity index (χ3n) is 4.08. The third kappa shape index (κ3) is 4.60. The minimum Gasteiger partial charge on any atom is -0.496 e. The maximum atomic E-state index is 12.4. The first-order valence-corrected chi connectivity index (χ1v) is 8.83. The molecular weight excluding hydrogens is 336 g/mol. The number of carbonyl (C=O) groups is 1. The Morgan fingerprint density at radius 3 is 2.42 bits per heavy atom. The molecule has 0 aliphatic rings. The van der Waals surface area contributed by atoms with Gasteiger partial charge in [-0.1, -0.05) is 13.3 Å². The molecule has 7 nitrogen and oxygen atoms in total. The van der Waals surface area contributed by atoms with E-state index in [1.807, 2.05) is 0 Å². The minimum absolute atomic E-state index is 0.183. The van der Waals surface area contributed by atoms with Crippen LogP contribution < -0.4 is 19.5 Å². The number of fused-ring (bicyclic) bond motifs is 1. The summed E-state index contributed by atoms with van der Waals surface area (Å²) in [6.45, 7) is 4.10. The summed E-state index contributed by atoms with van der Waals surface area (Å²) in [6, 6.07) is 3.49. The van der Waals surface area contributed by atoms with Gasteiger partial charge in [0.2, 0.25) is 0 Å². The van der Waals surface area contributed by atoms with E-state index in [0.717, 1.165) is 31.3 Å². The van der Waals surface area contributed by atoms with Gasteiger partial charge in [-0.3, -0.25) is 4.79 Å². The first kappa shape index (κ1) is 19.9. The molecule has 7 heteroatoms. The summed E-state index contributed by atoms with van der Waals surface area (Å²) in [4.78, 5) is 15.5. The van der Waals surface area contributed by atoms with Crippen molar-refractivity contribution >= 4 is 16.8 Å². The van der Waals surface area contributed by atoms with E-state index >= 15 is 0 Å². The van der Waals surface area contributed by atoms with Crippen molar-refractivity contribution < 1.29 is 23.7 Å². The van der Waals surface area contributed by atoms with E-state index in [9.17, 15) is 4.79 Å². The Balaban J connectivity index is 2.06. The van der Waals surface area contributed by atoms with Gasteiger partial charge >= 0.3 is 0 Å². The Labute approximate surface area is 154 Å². The van der Waals surface area contributed by atoms with Crippen molar-refractivity contribution in [3.05, 3.63) is 17.8 Å². The SMILES string of the molecule is CCCCOCCCNC(=O)c1cc2c(OC)cc(OC)c(OC)c2[nH]1. The van der Waals surface area contributed by atoms with E-state index in [1.54, 1.807) is 33.5 Å². The third-order valence-corrected chi connectivity index (χ3v) is 4.08. The number of aromatic nitrogens is 1. The highest BCUT2D eigenvalue weighted by atomic mass is 16.5. The van der Waals surface area contributed by atoms with Crippen LogP contribution in [0.1, 0.15) is 36.7 Å². The van der Waals surface area contributed by atoms with Crippen molar-refractivity contribution in [2.45, 2.75) is 26.2 Å². The number of hydrogen-bond acceptors (Lipinski definition) is 5. The molecule has 0 radical (unpaired) electrons. The van der Waals surface area contributed by atoms with E-state index in [-0.39, 0.29) is 5.91 Å². The van der Waals surface area contributed by atoms with Gasteiger partial charge in [-0.25, -0.2) is 0 Å². The van der Waals surface area contributed by atoms with Crippen LogP contribution in [0.4, 0.5) is 0 Å². The van der Waals surface area contributed by atoms with Gasteiger partial charge in [0.25, 0.3) is 5.91 Å². The summed E-state index contributed by atoms with van der Waals surface area (Å²) in [5.41, 5.74) is 1.11. The van der Waals surface area contributed by atoms with Gasteiger partial charge in [-0.15, -0.1) is 0 Å². The van der Waals surface area contributed by atoms with Crippen LogP contribution in [-0.4, -0.2) is 52.0 Å². The van der Waals surface area contributed by atoms with Crippen molar-refractivity contribution in [2.24, 2.45) is 0 Å². The Kier molecular flexibility index (Phi) is 7.59. The van der Waals surface area contributed by atoms with Crippen LogP contribution in [0.2, 0.25) is 0 Å². The van der Waals surface area contributed by atoms with Crippen molar-refractivity contribution in [1.29, 1.82) is 0 Å². The molecule has 0 aliphatic carbocycles. The fourth-order valence-corrected chi connectivity index (χ4v) is 2.68. The van der Waals surface area contributed by atoms with Crippen LogP contribution in [-0.2, 0) is 4.74 Å². The van der Waals surface area contributed by atoms with Crippen LogP contribution in [0.3, 0.4) is 0 Å². The second kappa shape index (κ2) is 9.91. The number of unbranched alkanes of at least 4 members (excludes halogenated alkanes) is 1. The van der Waals surface area contributed by atoms with Crippen LogP contribution in [0.25, 0.3) is 10.9 Å². The highest BCUT2D eigenvalue weighted by Gasteiger charge is 2.19. The number of nitrogens with one attached hydrogen (secondary N) is 2. The number of rotatable bonds is 11. The summed E-state index contributed by atoms with van der Waals surface area (Å²) < 4.78 is 21.7. The zero-order chi connectivity index (χ0) is 18.9. The number of ether oxygens (including phenoxy) is 4. The summed E-state index contributed by atoms with van der Waals surface area (Å²) in [5.74, 6) is 1.50. The van der Waals surface area contributed by atoms with Gasteiger partial charge in [0.05, 0.1) is 26.8 Å². The zero-order valence-corrected chi connectivity index (χ0v) is 15.9. The maximum absolute atomic E-state index is 12.4. The first-order chi connectivity index (χ1) is 12.7. The molecule has 0 bridgehead atoms. The molecule has 1 aromatic carbocycles. The van der Waals surface area contributed by atoms with Gasteiger partial charge in [0.15, 0.2) is 11.5 Å². The topological polar surface area (TPSA) is 81.8 Å². The molecule has 2 N–H and O–H groups in total. The number of methoxy groups -OCH3 is 3. The smallest absolute Gasteiger partial charge is 0.267 e. The van der Waals surface area contributed by atoms with Crippen LogP contribution in [0.5, 0.6) is 17.2 Å². The molecule has 0 fully saturated rings. The average Bonchev–Trinajstić information content (AvgIpc) is 3.11. The molecular formula is C19H28N2O5. The quantitative estimate of drug-likeness (QED) is 0.599. The van der Waals surface area contributed by atoms with Crippen LogP contribution in [0.15, 0.2) is 12.1 Å². The number of amides is 1. The largest absolute Gasteiger partial charge is 0.496 e. The van der Waals surface area contributed by atoms with Crippen molar-refractivity contribution in [1.82, 2.24) is 10.3 Å². The molecule has 2 rings (SSSR count). The summed E-state index contributed by atoms with van der Waals surface area (Å²) >= 11 is 0. The summed E-state index contributed by atoms with van der Waals surface area (Å²) in [7, 11) is 4.69. The average molecular weight is 364 g/mol. The number of hydrogen-bond donors (Lipinski definition) is 2. The molecule has 0 aliphatic heterocycles. The zero-order valence-electron chi connectivity index (χ0n) is 15.9. The molecule has 0 spiro atoms. The van der Waals surface area contributed by atoms with Gasteiger partial charge < -0.3 is 29.2 Å². The second-order valence-corrected chi connectivity index (χ2v) is 5.86. The lowest BCUT2D eigenvalue weighted by molar-refractivity contribution is 0.0936. The fourth-order valence-electron chi connectivity index (χ4n) is 2.68. The van der Waals surface area contributed by atoms with Crippen molar-refractivity contribution in [2.75, 3.05) is 41.1 Å². The molecule has 0 saturated carbocycles. The van der Waals surface area contributed by atoms with E-state index in [0.29, 0.717) is 41.6 Å². The normalized spacial score (nSPS) is 10.8. The highest BCUT2D eigenvalue weighted by molar-refractivity contribution is 6.02. The lowest BCUT2D eigenvalue weighted by atomic mass is 10.2. The van der Waals surface area contributed by atoms with Gasteiger partial charge in [-0.2, -0.15) is 0 Å². The standard InChI is InChI=1S/C19H28N2O5/c1-5-6-9-26-10-7-8-20-19(22)14-11-13-15(23-2)12-16(24-3)18(25-4)17(13)21-14/h11-12,21H,5-10H2,1-4H3,(H,20,22). The van der Waals surface area contributed by atoms with E-state index in [2.05, 4.69) is 17.2 Å². The van der Waals surface area contributed by atoms with Gasteiger partial charge in [-0.05, 0) is 18.9 Å². The number of carbonyl (C=O) groups excluding carboxylic acids is 1. The number of aromatic amines is 1. The van der Waals surface area contributed by atoms with Crippen molar-refractivity contribution in [3.8, 4) is 17.2 Å². The van der Waals surface area contributed by atoms with Gasteiger partial charge in [0, 0.05) is 31.2 Å². The summed E-state index contributed by atoms with van der Waals surface area (Å²) in [6.07, 6.45) is 2.96. The molecule has 1 amide bonds. The van der Waals surface area contributed by atoms with Crippen LogP contribution >= 0.6 is 0 Å². The molecule has 1 aromatic heterocycles. The molecule has 0 unspecified atom stereocenters. The molecule has 144 valence electrons. The Morgan fingerprint density at radius 1 is 1.04 bits per heavy atom. The Bertz CT molecular complexity index is 726. The molecule has 0 saturated heterocycles. The Hall–Kier alpha value is -2.41. The molecule has 26 heavy (non-hydrogen) atoms.